The van der Waals surface area contributed by atoms with Crippen LogP contribution >= 0.6 is 0 Å². The molecule has 5 nitrogen and oxygen atoms in total. The van der Waals surface area contributed by atoms with E-state index in [1.807, 2.05) is 6.07 Å². The van der Waals surface area contributed by atoms with Gasteiger partial charge in [-0.1, -0.05) is 5.11 Å². The SMILES string of the molecule is Cc1c(O)ccc(C#N)c1N=[N+]=[N-]. The van der Waals surface area contributed by atoms with Crippen LogP contribution in [-0.2, 0) is 0 Å². The number of nitrogens with zero attached hydrogens (tertiary/aromatic N) is 4. The van der Waals surface area contributed by atoms with Crippen molar-refractivity contribution in [2.75, 3.05) is 0 Å². The van der Waals surface area contributed by atoms with E-state index in [1.165, 1.54) is 12.1 Å². The quantitative estimate of drug-likeness (QED) is 0.402. The molecule has 13 heavy (non-hydrogen) atoms. The summed E-state index contributed by atoms with van der Waals surface area (Å²) in [4.78, 5) is 2.58. The zero-order chi connectivity index (χ0) is 9.84. The zero-order valence-electron chi connectivity index (χ0n) is 6.89. The van der Waals surface area contributed by atoms with Gasteiger partial charge in [-0.05, 0) is 24.6 Å². The maximum atomic E-state index is 9.25. The molecule has 0 aromatic heterocycles. The highest BCUT2D eigenvalue weighted by Crippen LogP contribution is 2.30. The molecule has 0 radical (unpaired) electrons. The number of phenols is 1. The van der Waals surface area contributed by atoms with E-state index < -0.39 is 0 Å². The van der Waals surface area contributed by atoms with Crippen LogP contribution in [0.5, 0.6) is 5.75 Å². The van der Waals surface area contributed by atoms with Crippen molar-refractivity contribution in [3.05, 3.63) is 33.7 Å². The van der Waals surface area contributed by atoms with Crippen molar-refractivity contribution in [2.45, 2.75) is 6.92 Å². The van der Waals surface area contributed by atoms with Gasteiger partial charge in [-0.3, -0.25) is 0 Å². The first-order chi connectivity index (χ1) is 6.20. The average molecular weight is 174 g/mol. The van der Waals surface area contributed by atoms with Crippen LogP contribution in [0.2, 0.25) is 0 Å². The predicted molar refractivity (Wildman–Crippen MR) is 46.4 cm³/mol. The van der Waals surface area contributed by atoms with Gasteiger partial charge in [-0.25, -0.2) is 0 Å². The molecule has 0 bridgehead atoms. The van der Waals surface area contributed by atoms with Crippen molar-refractivity contribution < 1.29 is 5.11 Å². The Morgan fingerprint density at radius 3 is 2.85 bits per heavy atom. The van der Waals surface area contributed by atoms with E-state index in [0.717, 1.165) is 0 Å². The Kier molecular flexibility index (Phi) is 2.38. The third kappa shape index (κ3) is 1.53. The summed E-state index contributed by atoms with van der Waals surface area (Å²) in [6, 6.07) is 4.67. The van der Waals surface area contributed by atoms with E-state index in [-0.39, 0.29) is 17.0 Å². The topological polar surface area (TPSA) is 92.8 Å². The molecule has 0 aliphatic rings. The number of aromatic hydroxyl groups is 1. The van der Waals surface area contributed by atoms with Crippen LogP contribution in [0.4, 0.5) is 5.69 Å². The summed E-state index contributed by atoms with van der Waals surface area (Å²) in [6.07, 6.45) is 0. The standard InChI is InChI=1S/C8H6N4O/c1-5-7(13)3-2-6(4-9)8(5)11-12-10/h2-3,13H,1H3. The molecule has 0 aliphatic carbocycles. The van der Waals surface area contributed by atoms with Gasteiger partial charge in [0, 0.05) is 10.5 Å². The first-order valence-corrected chi connectivity index (χ1v) is 3.48. The van der Waals surface area contributed by atoms with Crippen LogP contribution in [0.15, 0.2) is 17.2 Å². The lowest BCUT2D eigenvalue weighted by Crippen LogP contribution is -1.81. The molecule has 1 aromatic rings. The number of azide groups is 1. The maximum Gasteiger partial charge on any atom is 0.119 e. The molecule has 0 spiro atoms. The molecule has 0 heterocycles. The minimum atomic E-state index is 0.0152. The third-order valence-corrected chi connectivity index (χ3v) is 1.67. The third-order valence-electron chi connectivity index (χ3n) is 1.67. The largest absolute Gasteiger partial charge is 0.508 e. The van der Waals surface area contributed by atoms with Gasteiger partial charge < -0.3 is 5.11 Å². The Labute approximate surface area is 74.5 Å². The lowest BCUT2D eigenvalue weighted by atomic mass is 10.1. The number of rotatable bonds is 1. The van der Waals surface area contributed by atoms with Crippen LogP contribution in [0.3, 0.4) is 0 Å². The molecule has 0 saturated carbocycles. The van der Waals surface area contributed by atoms with E-state index in [9.17, 15) is 5.11 Å². The molecule has 5 heteroatoms. The van der Waals surface area contributed by atoms with Crippen molar-refractivity contribution in [1.29, 1.82) is 5.26 Å². The highest BCUT2D eigenvalue weighted by atomic mass is 16.3. The van der Waals surface area contributed by atoms with Crippen LogP contribution in [0.1, 0.15) is 11.1 Å². The number of nitriles is 1. The number of hydrogen-bond donors (Lipinski definition) is 1. The van der Waals surface area contributed by atoms with Gasteiger partial charge in [-0.15, -0.1) is 0 Å². The fourth-order valence-corrected chi connectivity index (χ4v) is 0.953. The summed E-state index contributed by atoms with van der Waals surface area (Å²) in [5.41, 5.74) is 9.08. The summed E-state index contributed by atoms with van der Waals surface area (Å²) in [5, 5.41) is 21.2. The first-order valence-electron chi connectivity index (χ1n) is 3.48. The minimum Gasteiger partial charge on any atom is -0.508 e. The van der Waals surface area contributed by atoms with E-state index in [1.54, 1.807) is 6.92 Å². The van der Waals surface area contributed by atoms with Crippen LogP contribution in [0.25, 0.3) is 10.4 Å². The summed E-state index contributed by atoms with van der Waals surface area (Å²) >= 11 is 0. The second-order valence-electron chi connectivity index (χ2n) is 2.41. The molecule has 0 fully saturated rings. The van der Waals surface area contributed by atoms with Gasteiger partial charge in [0.25, 0.3) is 0 Å². The zero-order valence-corrected chi connectivity index (χ0v) is 6.89. The Morgan fingerprint density at radius 2 is 2.31 bits per heavy atom. The Morgan fingerprint density at radius 1 is 1.62 bits per heavy atom. The fraction of sp³-hybridized carbons (Fsp3) is 0.125. The fourth-order valence-electron chi connectivity index (χ4n) is 0.953. The molecule has 0 amide bonds. The molecule has 1 aromatic carbocycles. The number of benzene rings is 1. The minimum absolute atomic E-state index is 0.0152. The lowest BCUT2D eigenvalue weighted by molar-refractivity contribution is 0.471. The molecular weight excluding hydrogens is 168 g/mol. The summed E-state index contributed by atoms with van der Waals surface area (Å²) in [5.74, 6) is 0.0152. The maximum absolute atomic E-state index is 9.25. The molecule has 64 valence electrons. The summed E-state index contributed by atoms with van der Waals surface area (Å²) in [6.45, 7) is 1.58. The van der Waals surface area contributed by atoms with Gasteiger partial charge in [0.1, 0.15) is 5.75 Å². The number of phenolic OH excluding ortho intramolecular Hbond substituents is 1. The van der Waals surface area contributed by atoms with Crippen LogP contribution < -0.4 is 0 Å². The lowest BCUT2D eigenvalue weighted by Gasteiger charge is -2.02. The smallest absolute Gasteiger partial charge is 0.119 e. The van der Waals surface area contributed by atoms with Crippen molar-refractivity contribution in [2.24, 2.45) is 5.11 Å². The first kappa shape index (κ1) is 8.91. The Hall–Kier alpha value is -2.18. The molecule has 0 aliphatic heterocycles. The van der Waals surface area contributed by atoms with Gasteiger partial charge in [0.05, 0.1) is 17.3 Å². The summed E-state index contributed by atoms with van der Waals surface area (Å²) in [7, 11) is 0. The molecule has 0 unspecified atom stereocenters. The summed E-state index contributed by atoms with van der Waals surface area (Å²) < 4.78 is 0. The van der Waals surface area contributed by atoms with Gasteiger partial charge in [0.2, 0.25) is 0 Å². The number of hydrogen-bond acceptors (Lipinski definition) is 3. The Bertz CT molecular complexity index is 427. The van der Waals surface area contributed by atoms with Crippen molar-refractivity contribution in [1.82, 2.24) is 0 Å². The van der Waals surface area contributed by atoms with Crippen molar-refractivity contribution in [3.63, 3.8) is 0 Å². The van der Waals surface area contributed by atoms with E-state index in [2.05, 4.69) is 10.0 Å². The second-order valence-corrected chi connectivity index (χ2v) is 2.41. The predicted octanol–water partition coefficient (Wildman–Crippen LogP) is 2.51. The normalized spacial score (nSPS) is 8.62. The van der Waals surface area contributed by atoms with Gasteiger partial charge in [0.15, 0.2) is 0 Å². The van der Waals surface area contributed by atoms with E-state index in [0.29, 0.717) is 5.56 Å². The van der Waals surface area contributed by atoms with Crippen molar-refractivity contribution in [3.8, 4) is 11.8 Å². The molecule has 0 saturated heterocycles. The van der Waals surface area contributed by atoms with Gasteiger partial charge >= 0.3 is 0 Å². The highest BCUT2D eigenvalue weighted by molar-refractivity contribution is 5.62. The van der Waals surface area contributed by atoms with Crippen LogP contribution in [0, 0.1) is 18.3 Å². The monoisotopic (exact) mass is 174 g/mol. The molecule has 1 rings (SSSR count). The second kappa shape index (κ2) is 3.48. The average Bonchev–Trinajstić information content (AvgIpc) is 2.14. The molecule has 1 N–H and O–H groups in total. The molecular formula is C8H6N4O. The van der Waals surface area contributed by atoms with Crippen molar-refractivity contribution >= 4 is 5.69 Å². The van der Waals surface area contributed by atoms with E-state index in [4.69, 9.17) is 10.8 Å². The Balaban J connectivity index is 3.52. The highest BCUT2D eigenvalue weighted by Gasteiger charge is 2.06. The van der Waals surface area contributed by atoms with E-state index >= 15 is 0 Å². The van der Waals surface area contributed by atoms with Crippen LogP contribution in [-0.4, -0.2) is 5.11 Å². The van der Waals surface area contributed by atoms with Gasteiger partial charge in [-0.2, -0.15) is 5.26 Å². The molecule has 0 atom stereocenters.